The van der Waals surface area contributed by atoms with E-state index in [4.69, 9.17) is 0 Å². The van der Waals surface area contributed by atoms with Gasteiger partial charge in [0, 0.05) is 0 Å². The second-order valence-corrected chi connectivity index (χ2v) is 4.61. The Morgan fingerprint density at radius 1 is 1.46 bits per heavy atom. The minimum Gasteiger partial charge on any atom is -0.383 e. The molecule has 1 heterocycles. The number of hydrogen-bond donors (Lipinski definition) is 1. The van der Waals surface area contributed by atoms with E-state index in [1.54, 1.807) is 11.3 Å². The van der Waals surface area contributed by atoms with Crippen molar-refractivity contribution >= 4 is 11.3 Å². The second-order valence-electron chi connectivity index (χ2n) is 3.37. The summed E-state index contributed by atoms with van der Waals surface area (Å²) in [5, 5.41) is 10.8. The van der Waals surface area contributed by atoms with Crippen LogP contribution in [0.1, 0.15) is 35.5 Å². The number of rotatable bonds is 2. The molecule has 0 spiro atoms. The van der Waals surface area contributed by atoms with Crippen LogP contribution in [0, 0.1) is 13.8 Å². The van der Waals surface area contributed by atoms with Gasteiger partial charge in [-0.05, 0) is 27.7 Å². The Bertz CT molecular complexity index is 324. The fourth-order valence-electron chi connectivity index (χ4n) is 1.21. The molecule has 72 valence electrons. The molecule has 1 aromatic heterocycles. The van der Waals surface area contributed by atoms with Gasteiger partial charge in [-0.1, -0.05) is 11.6 Å². The Balaban J connectivity index is 2.94. The molecule has 1 aromatic rings. The molecule has 0 saturated carbocycles. The van der Waals surface area contributed by atoms with E-state index in [0.29, 0.717) is 0 Å². The van der Waals surface area contributed by atoms with E-state index in [2.05, 4.69) is 4.98 Å². The van der Waals surface area contributed by atoms with Crippen molar-refractivity contribution < 1.29 is 5.11 Å². The molecule has 0 aliphatic heterocycles. The highest BCUT2D eigenvalue weighted by atomic mass is 32.1. The first-order valence-electron chi connectivity index (χ1n) is 4.27. The Morgan fingerprint density at radius 2 is 2.08 bits per heavy atom. The van der Waals surface area contributed by atoms with E-state index in [0.717, 1.165) is 21.2 Å². The second kappa shape index (κ2) is 4.03. The zero-order chi connectivity index (χ0) is 10.0. The van der Waals surface area contributed by atoms with Crippen molar-refractivity contribution in [2.24, 2.45) is 0 Å². The lowest BCUT2D eigenvalue weighted by Crippen LogP contribution is -1.92. The molecule has 0 fully saturated rings. The van der Waals surface area contributed by atoms with E-state index >= 15 is 0 Å². The van der Waals surface area contributed by atoms with Gasteiger partial charge in [0.15, 0.2) is 0 Å². The highest BCUT2D eigenvalue weighted by Gasteiger charge is 2.11. The fraction of sp³-hybridized carbons (Fsp3) is 0.500. The minimum absolute atomic E-state index is 0.490. The quantitative estimate of drug-likeness (QED) is 0.739. The third-order valence-corrected chi connectivity index (χ3v) is 2.84. The zero-order valence-corrected chi connectivity index (χ0v) is 9.27. The van der Waals surface area contributed by atoms with E-state index in [1.165, 1.54) is 0 Å². The van der Waals surface area contributed by atoms with Crippen molar-refractivity contribution in [3.05, 3.63) is 27.2 Å². The summed E-state index contributed by atoms with van der Waals surface area (Å²) in [6.07, 6.45) is 1.36. The number of allylic oxidation sites excluding steroid dienone is 1. The first-order chi connectivity index (χ1) is 6.00. The Hall–Kier alpha value is -0.670. The maximum absolute atomic E-state index is 9.78. The van der Waals surface area contributed by atoms with Crippen LogP contribution in [0.25, 0.3) is 0 Å². The molecule has 1 atom stereocenters. The lowest BCUT2D eigenvalue weighted by Gasteiger charge is -2.03. The SMILES string of the molecule is CC(C)=CC(O)c1sc(C)nc1C. The molecular formula is C10H15NOS. The van der Waals surface area contributed by atoms with Gasteiger partial charge in [0.2, 0.25) is 0 Å². The van der Waals surface area contributed by atoms with Crippen molar-refractivity contribution in [2.75, 3.05) is 0 Å². The average Bonchev–Trinajstić information content (AvgIpc) is 2.28. The third-order valence-electron chi connectivity index (χ3n) is 1.70. The van der Waals surface area contributed by atoms with Gasteiger partial charge in [-0.2, -0.15) is 0 Å². The number of aliphatic hydroxyl groups excluding tert-OH is 1. The molecule has 0 radical (unpaired) electrons. The number of aryl methyl sites for hydroxylation is 2. The molecular weight excluding hydrogens is 182 g/mol. The maximum atomic E-state index is 9.78. The number of thiazole rings is 1. The standard InChI is InChI=1S/C10H15NOS/c1-6(2)5-9(12)10-7(3)11-8(4)13-10/h5,9,12H,1-4H3. The molecule has 0 aliphatic carbocycles. The van der Waals surface area contributed by atoms with Crippen molar-refractivity contribution in [2.45, 2.75) is 33.8 Å². The molecule has 1 N–H and O–H groups in total. The molecule has 1 rings (SSSR count). The predicted molar refractivity (Wildman–Crippen MR) is 56.0 cm³/mol. The van der Waals surface area contributed by atoms with Gasteiger partial charge in [0.25, 0.3) is 0 Å². The summed E-state index contributed by atoms with van der Waals surface area (Å²) in [6, 6.07) is 0. The van der Waals surface area contributed by atoms with E-state index in [9.17, 15) is 5.11 Å². The van der Waals surface area contributed by atoms with Crippen LogP contribution in [0.5, 0.6) is 0 Å². The van der Waals surface area contributed by atoms with Crippen LogP contribution in [-0.4, -0.2) is 10.1 Å². The molecule has 1 unspecified atom stereocenters. The lowest BCUT2D eigenvalue weighted by atomic mass is 10.2. The number of aromatic nitrogens is 1. The average molecular weight is 197 g/mol. The summed E-state index contributed by atoms with van der Waals surface area (Å²) in [7, 11) is 0. The maximum Gasteiger partial charge on any atom is 0.108 e. The first kappa shape index (κ1) is 10.4. The molecule has 3 heteroatoms. The van der Waals surface area contributed by atoms with Gasteiger partial charge in [-0.25, -0.2) is 4.98 Å². The van der Waals surface area contributed by atoms with Gasteiger partial charge in [0.1, 0.15) is 6.10 Å². The van der Waals surface area contributed by atoms with Gasteiger partial charge in [0.05, 0.1) is 15.6 Å². The molecule has 0 aromatic carbocycles. The summed E-state index contributed by atoms with van der Waals surface area (Å²) >= 11 is 1.56. The van der Waals surface area contributed by atoms with Gasteiger partial charge >= 0.3 is 0 Å². The van der Waals surface area contributed by atoms with Crippen LogP contribution in [-0.2, 0) is 0 Å². The van der Waals surface area contributed by atoms with Crippen LogP contribution < -0.4 is 0 Å². The van der Waals surface area contributed by atoms with Crippen molar-refractivity contribution in [1.29, 1.82) is 0 Å². The predicted octanol–water partition coefficient (Wildman–Crippen LogP) is 2.76. The normalized spacial score (nSPS) is 12.7. The Labute approximate surface area is 83.0 Å². The zero-order valence-electron chi connectivity index (χ0n) is 8.46. The number of aliphatic hydroxyl groups is 1. The van der Waals surface area contributed by atoms with Crippen LogP contribution in [0.3, 0.4) is 0 Å². The smallest absolute Gasteiger partial charge is 0.108 e. The van der Waals surface area contributed by atoms with Gasteiger partial charge in [-0.15, -0.1) is 11.3 Å². The largest absolute Gasteiger partial charge is 0.383 e. The molecule has 0 aliphatic rings. The molecule has 13 heavy (non-hydrogen) atoms. The summed E-state index contributed by atoms with van der Waals surface area (Å²) in [6.45, 7) is 7.84. The monoisotopic (exact) mass is 197 g/mol. The van der Waals surface area contributed by atoms with Gasteiger partial charge in [-0.3, -0.25) is 0 Å². The van der Waals surface area contributed by atoms with Crippen molar-refractivity contribution in [3.63, 3.8) is 0 Å². The number of nitrogens with zero attached hydrogens (tertiary/aromatic N) is 1. The van der Waals surface area contributed by atoms with Crippen LogP contribution in [0.15, 0.2) is 11.6 Å². The summed E-state index contributed by atoms with van der Waals surface area (Å²) in [4.78, 5) is 5.23. The first-order valence-corrected chi connectivity index (χ1v) is 5.09. The highest BCUT2D eigenvalue weighted by molar-refractivity contribution is 7.11. The molecule has 0 bridgehead atoms. The summed E-state index contributed by atoms with van der Waals surface area (Å²) in [5.74, 6) is 0. The van der Waals surface area contributed by atoms with E-state index < -0.39 is 6.10 Å². The van der Waals surface area contributed by atoms with Crippen LogP contribution >= 0.6 is 11.3 Å². The number of hydrogen-bond acceptors (Lipinski definition) is 3. The molecule has 0 saturated heterocycles. The van der Waals surface area contributed by atoms with Crippen molar-refractivity contribution in [3.8, 4) is 0 Å². The molecule has 0 amide bonds. The van der Waals surface area contributed by atoms with E-state index in [-0.39, 0.29) is 0 Å². The fourth-order valence-corrected chi connectivity index (χ4v) is 2.10. The van der Waals surface area contributed by atoms with E-state index in [1.807, 2.05) is 33.8 Å². The van der Waals surface area contributed by atoms with Crippen molar-refractivity contribution in [1.82, 2.24) is 4.98 Å². The minimum atomic E-state index is -0.490. The van der Waals surface area contributed by atoms with Crippen LogP contribution in [0.4, 0.5) is 0 Å². The third kappa shape index (κ3) is 2.64. The lowest BCUT2D eigenvalue weighted by molar-refractivity contribution is 0.230. The topological polar surface area (TPSA) is 33.1 Å². The Kier molecular flexibility index (Phi) is 3.22. The highest BCUT2D eigenvalue weighted by Crippen LogP contribution is 2.26. The summed E-state index contributed by atoms with van der Waals surface area (Å²) < 4.78 is 0. The molecule has 2 nitrogen and oxygen atoms in total. The Morgan fingerprint density at radius 3 is 2.46 bits per heavy atom. The van der Waals surface area contributed by atoms with Crippen LogP contribution in [0.2, 0.25) is 0 Å². The van der Waals surface area contributed by atoms with Gasteiger partial charge < -0.3 is 5.11 Å². The summed E-state index contributed by atoms with van der Waals surface area (Å²) in [5.41, 5.74) is 2.06.